The summed E-state index contributed by atoms with van der Waals surface area (Å²) in [6.45, 7) is 8.73. The van der Waals surface area contributed by atoms with E-state index in [0.29, 0.717) is 13.2 Å². The van der Waals surface area contributed by atoms with Crippen LogP contribution in [0, 0.1) is 13.8 Å². The van der Waals surface area contributed by atoms with Crippen LogP contribution in [0.25, 0.3) is 22.5 Å². The van der Waals surface area contributed by atoms with Crippen LogP contribution in [0.15, 0.2) is 36.4 Å². The topological polar surface area (TPSA) is 86.4 Å². The summed E-state index contributed by atoms with van der Waals surface area (Å²) in [4.78, 5) is 21.7. The van der Waals surface area contributed by atoms with Crippen molar-refractivity contribution in [2.45, 2.75) is 26.7 Å². The quantitative estimate of drug-likeness (QED) is 0.627. The van der Waals surface area contributed by atoms with Crippen LogP contribution in [0.2, 0.25) is 0 Å². The number of benzene rings is 1. The number of pyridine rings is 1. The molecule has 0 bridgehead atoms. The lowest BCUT2D eigenvalue weighted by molar-refractivity contribution is 0.122. The van der Waals surface area contributed by atoms with Crippen molar-refractivity contribution in [2.75, 3.05) is 49.6 Å². The Morgan fingerprint density at radius 2 is 1.79 bits per heavy atom. The molecule has 33 heavy (non-hydrogen) atoms. The molecule has 8 heteroatoms. The van der Waals surface area contributed by atoms with Gasteiger partial charge in [-0.15, -0.1) is 0 Å². The van der Waals surface area contributed by atoms with Crippen molar-refractivity contribution in [2.24, 2.45) is 0 Å². The first-order valence-electron chi connectivity index (χ1n) is 11.6. The lowest BCUT2D eigenvalue weighted by atomic mass is 9.99. The van der Waals surface area contributed by atoms with Crippen molar-refractivity contribution in [3.05, 3.63) is 47.7 Å². The maximum Gasteiger partial charge on any atom is 0.321 e. The number of rotatable bonds is 4. The van der Waals surface area contributed by atoms with Crippen LogP contribution >= 0.6 is 0 Å². The number of hydrogen-bond donors (Lipinski definition) is 2. The summed E-state index contributed by atoms with van der Waals surface area (Å²) in [6, 6.07) is 12.3. The fraction of sp³-hybridized carbons (Fsp3) is 0.400. The summed E-state index contributed by atoms with van der Waals surface area (Å²) in [5, 5.41) is 10.5. The molecule has 1 aromatic carbocycles. The second-order valence-corrected chi connectivity index (χ2v) is 8.79. The Morgan fingerprint density at radius 3 is 2.52 bits per heavy atom. The van der Waals surface area contributed by atoms with Gasteiger partial charge in [0.15, 0.2) is 0 Å². The molecule has 5 rings (SSSR count). The van der Waals surface area contributed by atoms with Gasteiger partial charge in [-0.1, -0.05) is 6.07 Å². The number of H-pyrrole nitrogens is 1. The van der Waals surface area contributed by atoms with Gasteiger partial charge in [0, 0.05) is 37.6 Å². The van der Waals surface area contributed by atoms with Gasteiger partial charge in [0.1, 0.15) is 11.5 Å². The van der Waals surface area contributed by atoms with Crippen LogP contribution in [0.1, 0.15) is 24.1 Å². The number of carbonyl (C=O) groups excluding carboxylic acids is 1. The Kier molecular flexibility index (Phi) is 6.00. The third-order valence-electron chi connectivity index (χ3n) is 6.31. The maximum atomic E-state index is 12.6. The number of ether oxygens (including phenoxy) is 1. The molecule has 3 aromatic rings. The molecule has 4 heterocycles. The van der Waals surface area contributed by atoms with E-state index in [-0.39, 0.29) is 6.03 Å². The van der Waals surface area contributed by atoms with Gasteiger partial charge in [0.25, 0.3) is 0 Å². The van der Waals surface area contributed by atoms with Crippen LogP contribution in [-0.2, 0) is 4.74 Å². The highest BCUT2D eigenvalue weighted by atomic mass is 16.5. The van der Waals surface area contributed by atoms with Crippen LogP contribution in [0.4, 0.5) is 16.3 Å². The van der Waals surface area contributed by atoms with Crippen LogP contribution < -0.4 is 10.2 Å². The number of aryl methyl sites for hydroxylation is 2. The first-order valence-corrected chi connectivity index (χ1v) is 11.6. The third kappa shape index (κ3) is 4.71. The standard InChI is InChI=1S/C25H30N6O2/c1-17-5-6-20(26-25(32)31-7-3-4-8-31)16-21(17)19-14-22(23-13-18(2)28-29-23)27-24(15-19)30-9-11-33-12-10-30/h5-6,13-16H,3-4,7-12H2,1-2H3,(H,26,32)(H,28,29). The SMILES string of the molecule is Cc1cc(-c2cc(-c3cc(NC(=O)N4CCCC4)ccc3C)cc(N3CCOCC3)n2)n[nH]1. The molecule has 0 spiro atoms. The zero-order valence-electron chi connectivity index (χ0n) is 19.2. The smallest absolute Gasteiger partial charge is 0.321 e. The second-order valence-electron chi connectivity index (χ2n) is 8.79. The first kappa shape index (κ1) is 21.5. The summed E-state index contributed by atoms with van der Waals surface area (Å²) in [6.07, 6.45) is 2.15. The number of nitrogens with zero attached hydrogens (tertiary/aromatic N) is 4. The van der Waals surface area contributed by atoms with E-state index in [2.05, 4.69) is 51.6 Å². The minimum Gasteiger partial charge on any atom is -0.378 e. The molecule has 0 unspecified atom stereocenters. The van der Waals surface area contributed by atoms with Crippen molar-refractivity contribution in [3.8, 4) is 22.5 Å². The minimum atomic E-state index is -0.0290. The molecule has 8 nitrogen and oxygen atoms in total. The molecule has 172 valence electrons. The summed E-state index contributed by atoms with van der Waals surface area (Å²) in [5.74, 6) is 0.914. The Labute approximate surface area is 194 Å². The molecule has 0 atom stereocenters. The molecule has 2 aromatic heterocycles. The van der Waals surface area contributed by atoms with Gasteiger partial charge in [-0.05, 0) is 73.7 Å². The third-order valence-corrected chi connectivity index (χ3v) is 6.31. The van der Waals surface area contributed by atoms with Crippen molar-refractivity contribution >= 4 is 17.5 Å². The number of likely N-dealkylation sites (tertiary alicyclic amines) is 1. The predicted octanol–water partition coefficient (Wildman–Crippen LogP) is 4.22. The number of anilines is 2. The van der Waals surface area contributed by atoms with Crippen LogP contribution in [0.3, 0.4) is 0 Å². The summed E-state index contributed by atoms with van der Waals surface area (Å²) in [5.41, 5.74) is 6.69. The second kappa shape index (κ2) is 9.23. The van der Waals surface area contributed by atoms with E-state index in [9.17, 15) is 4.79 Å². The van der Waals surface area contributed by atoms with E-state index in [4.69, 9.17) is 9.72 Å². The Balaban J connectivity index is 1.52. The number of aromatic amines is 1. The maximum absolute atomic E-state index is 12.6. The van der Waals surface area contributed by atoms with Gasteiger partial charge >= 0.3 is 6.03 Å². The molecule has 0 radical (unpaired) electrons. The lowest BCUT2D eigenvalue weighted by Crippen LogP contribution is -2.36. The van der Waals surface area contributed by atoms with E-state index >= 15 is 0 Å². The van der Waals surface area contributed by atoms with Gasteiger partial charge in [-0.3, -0.25) is 5.10 Å². The van der Waals surface area contributed by atoms with Crippen molar-refractivity contribution in [3.63, 3.8) is 0 Å². The van der Waals surface area contributed by atoms with E-state index in [1.165, 1.54) is 0 Å². The zero-order valence-corrected chi connectivity index (χ0v) is 19.2. The van der Waals surface area contributed by atoms with E-state index in [1.54, 1.807) is 0 Å². The molecular formula is C25H30N6O2. The summed E-state index contributed by atoms with van der Waals surface area (Å²) < 4.78 is 5.54. The number of amides is 2. The summed E-state index contributed by atoms with van der Waals surface area (Å²) in [7, 11) is 0. The Hall–Kier alpha value is -3.39. The lowest BCUT2D eigenvalue weighted by Gasteiger charge is -2.28. The van der Waals surface area contributed by atoms with E-state index in [0.717, 1.165) is 84.3 Å². The highest BCUT2D eigenvalue weighted by Crippen LogP contribution is 2.32. The molecule has 0 saturated carbocycles. The van der Waals surface area contributed by atoms with Crippen LogP contribution in [-0.4, -0.2) is 65.5 Å². The monoisotopic (exact) mass is 446 g/mol. The highest BCUT2D eigenvalue weighted by Gasteiger charge is 2.19. The molecule has 2 aliphatic rings. The fourth-order valence-electron chi connectivity index (χ4n) is 4.44. The van der Waals surface area contributed by atoms with Crippen molar-refractivity contribution in [1.82, 2.24) is 20.1 Å². The molecular weight excluding hydrogens is 416 g/mol. The zero-order chi connectivity index (χ0) is 22.8. The van der Waals surface area contributed by atoms with Crippen molar-refractivity contribution < 1.29 is 9.53 Å². The number of aromatic nitrogens is 3. The number of carbonyl (C=O) groups is 1. The molecule has 2 fully saturated rings. The Bertz CT molecular complexity index is 1150. The van der Waals surface area contributed by atoms with Gasteiger partial charge < -0.3 is 19.9 Å². The molecule has 2 amide bonds. The minimum absolute atomic E-state index is 0.0290. The highest BCUT2D eigenvalue weighted by molar-refractivity contribution is 5.91. The number of morpholine rings is 1. The fourth-order valence-corrected chi connectivity index (χ4v) is 4.44. The van der Waals surface area contributed by atoms with Gasteiger partial charge in [-0.25, -0.2) is 9.78 Å². The van der Waals surface area contributed by atoms with Crippen LogP contribution in [0.5, 0.6) is 0 Å². The normalized spacial score (nSPS) is 16.3. The predicted molar refractivity (Wildman–Crippen MR) is 130 cm³/mol. The average Bonchev–Trinajstić information content (AvgIpc) is 3.53. The van der Waals surface area contributed by atoms with Gasteiger partial charge in [0.05, 0.1) is 18.9 Å². The first-order chi connectivity index (χ1) is 16.1. The van der Waals surface area contributed by atoms with Gasteiger partial charge in [-0.2, -0.15) is 5.10 Å². The van der Waals surface area contributed by atoms with E-state index < -0.39 is 0 Å². The Morgan fingerprint density at radius 1 is 1.00 bits per heavy atom. The molecule has 2 saturated heterocycles. The number of hydrogen-bond acceptors (Lipinski definition) is 5. The number of nitrogens with one attached hydrogen (secondary N) is 2. The average molecular weight is 447 g/mol. The molecule has 0 aliphatic carbocycles. The van der Waals surface area contributed by atoms with Gasteiger partial charge in [0.2, 0.25) is 0 Å². The van der Waals surface area contributed by atoms with Crippen molar-refractivity contribution in [1.29, 1.82) is 0 Å². The largest absolute Gasteiger partial charge is 0.378 e. The molecule has 2 N–H and O–H groups in total. The number of urea groups is 1. The van der Waals surface area contributed by atoms with E-state index in [1.807, 2.05) is 24.0 Å². The molecule has 2 aliphatic heterocycles. The summed E-state index contributed by atoms with van der Waals surface area (Å²) >= 11 is 0.